The van der Waals surface area contributed by atoms with Gasteiger partial charge in [0.1, 0.15) is 5.15 Å². The number of rotatable bonds is 2. The predicted molar refractivity (Wildman–Crippen MR) is 72.3 cm³/mol. The van der Waals surface area contributed by atoms with Crippen molar-refractivity contribution in [3.63, 3.8) is 0 Å². The van der Waals surface area contributed by atoms with Crippen molar-refractivity contribution < 1.29 is 0 Å². The predicted octanol–water partition coefficient (Wildman–Crippen LogP) is 3.05. The van der Waals surface area contributed by atoms with Gasteiger partial charge in [0.25, 0.3) is 0 Å². The fraction of sp³-hybridized carbons (Fsp3) is 0.214. The van der Waals surface area contributed by atoms with Crippen LogP contribution in [-0.4, -0.2) is 19.6 Å². The molecule has 0 bridgehead atoms. The first-order valence-electron chi connectivity index (χ1n) is 6.22. The average molecular weight is 271 g/mol. The van der Waals surface area contributed by atoms with Crippen LogP contribution in [0.25, 0.3) is 5.65 Å². The minimum Gasteiger partial charge on any atom is -0.265 e. The number of hydrogen-bond donors (Lipinski definition) is 0. The van der Waals surface area contributed by atoms with Gasteiger partial charge in [-0.05, 0) is 42.0 Å². The quantitative estimate of drug-likeness (QED) is 0.719. The van der Waals surface area contributed by atoms with Crippen LogP contribution in [0.4, 0.5) is 0 Å². The van der Waals surface area contributed by atoms with E-state index in [0.29, 0.717) is 17.0 Å². The third kappa shape index (κ3) is 1.79. The Morgan fingerprint density at radius 3 is 2.84 bits per heavy atom. The molecule has 1 aliphatic rings. The van der Waals surface area contributed by atoms with Crippen molar-refractivity contribution in [1.82, 2.24) is 19.6 Å². The molecule has 19 heavy (non-hydrogen) atoms. The third-order valence-corrected chi connectivity index (χ3v) is 3.87. The molecule has 1 aliphatic carbocycles. The molecule has 0 amide bonds. The lowest BCUT2D eigenvalue weighted by molar-refractivity contribution is 0.905. The van der Waals surface area contributed by atoms with Crippen LogP contribution >= 0.6 is 11.6 Å². The van der Waals surface area contributed by atoms with Crippen LogP contribution in [0.5, 0.6) is 0 Å². The van der Waals surface area contributed by atoms with Crippen LogP contribution in [0, 0.1) is 0 Å². The summed E-state index contributed by atoms with van der Waals surface area (Å²) in [7, 11) is 0. The molecule has 4 nitrogen and oxygen atoms in total. The van der Waals surface area contributed by atoms with Crippen LogP contribution in [0.1, 0.15) is 29.4 Å². The minimum absolute atomic E-state index is 0.479. The maximum atomic E-state index is 6.08. The number of pyridine rings is 1. The Morgan fingerprint density at radius 2 is 2.00 bits per heavy atom. The van der Waals surface area contributed by atoms with Crippen molar-refractivity contribution in [1.29, 1.82) is 0 Å². The zero-order valence-electron chi connectivity index (χ0n) is 10.1. The Balaban J connectivity index is 1.75. The molecule has 0 aromatic carbocycles. The highest BCUT2D eigenvalue weighted by Crippen LogP contribution is 2.55. The van der Waals surface area contributed by atoms with E-state index in [0.717, 1.165) is 12.1 Å². The molecule has 0 unspecified atom stereocenters. The van der Waals surface area contributed by atoms with Crippen molar-refractivity contribution >= 4 is 17.2 Å². The summed E-state index contributed by atoms with van der Waals surface area (Å²) in [5, 5.41) is 4.73. The van der Waals surface area contributed by atoms with E-state index >= 15 is 0 Å². The second-order valence-corrected chi connectivity index (χ2v) is 5.23. The normalized spacial score (nSPS) is 21.7. The molecule has 0 spiro atoms. The van der Waals surface area contributed by atoms with Gasteiger partial charge in [0, 0.05) is 30.4 Å². The van der Waals surface area contributed by atoms with Gasteiger partial charge in [-0.15, -0.1) is 0 Å². The maximum absolute atomic E-state index is 6.08. The highest BCUT2D eigenvalue weighted by atomic mass is 35.5. The molecule has 3 heterocycles. The number of hydrogen-bond acceptors (Lipinski definition) is 3. The number of fused-ring (bicyclic) bond motifs is 1. The first-order chi connectivity index (χ1) is 9.33. The fourth-order valence-corrected chi connectivity index (χ4v) is 2.90. The minimum atomic E-state index is 0.479. The summed E-state index contributed by atoms with van der Waals surface area (Å²) < 4.78 is 1.75. The van der Waals surface area contributed by atoms with Crippen LogP contribution in [0.15, 0.2) is 43.0 Å². The van der Waals surface area contributed by atoms with Crippen LogP contribution in [0.3, 0.4) is 0 Å². The van der Waals surface area contributed by atoms with E-state index in [1.807, 2.05) is 24.7 Å². The second-order valence-electron chi connectivity index (χ2n) is 4.85. The van der Waals surface area contributed by atoms with E-state index in [1.54, 1.807) is 10.7 Å². The molecule has 94 valence electrons. The molecule has 0 aliphatic heterocycles. The van der Waals surface area contributed by atoms with Crippen molar-refractivity contribution in [2.45, 2.75) is 18.3 Å². The molecule has 4 rings (SSSR count). The average Bonchev–Trinajstić information content (AvgIpc) is 3.10. The van der Waals surface area contributed by atoms with Crippen molar-refractivity contribution in [2.24, 2.45) is 0 Å². The van der Waals surface area contributed by atoms with E-state index in [-0.39, 0.29) is 0 Å². The van der Waals surface area contributed by atoms with Crippen molar-refractivity contribution in [2.75, 3.05) is 0 Å². The monoisotopic (exact) mass is 270 g/mol. The van der Waals surface area contributed by atoms with Gasteiger partial charge >= 0.3 is 0 Å². The van der Waals surface area contributed by atoms with Crippen molar-refractivity contribution in [3.8, 4) is 0 Å². The fourth-order valence-electron chi connectivity index (χ4n) is 2.70. The summed E-state index contributed by atoms with van der Waals surface area (Å²) in [6.45, 7) is 0. The Labute approximate surface area is 115 Å². The number of imidazole rings is 1. The third-order valence-electron chi connectivity index (χ3n) is 3.68. The maximum Gasteiger partial charge on any atom is 0.157 e. The SMILES string of the molecule is Clc1cc([C@H]2C[C@@H]2c2ccncc2)c2nccn2n1. The summed E-state index contributed by atoms with van der Waals surface area (Å²) >= 11 is 6.08. The molecule has 1 fully saturated rings. The second kappa shape index (κ2) is 4.03. The Hall–Kier alpha value is -1.94. The zero-order chi connectivity index (χ0) is 12.8. The van der Waals surface area contributed by atoms with Gasteiger partial charge in [-0.1, -0.05) is 11.6 Å². The van der Waals surface area contributed by atoms with E-state index in [1.165, 1.54) is 11.1 Å². The lowest BCUT2D eigenvalue weighted by Gasteiger charge is -2.04. The number of nitrogens with zero attached hydrogens (tertiary/aromatic N) is 4. The van der Waals surface area contributed by atoms with Crippen LogP contribution in [0.2, 0.25) is 5.15 Å². The molecular weight excluding hydrogens is 260 g/mol. The van der Waals surface area contributed by atoms with Gasteiger partial charge in [-0.25, -0.2) is 9.50 Å². The van der Waals surface area contributed by atoms with E-state index in [4.69, 9.17) is 11.6 Å². The molecule has 3 aromatic rings. The van der Waals surface area contributed by atoms with E-state index in [9.17, 15) is 0 Å². The van der Waals surface area contributed by atoms with Crippen LogP contribution in [-0.2, 0) is 0 Å². The van der Waals surface area contributed by atoms with Gasteiger partial charge in [0.2, 0.25) is 0 Å². The summed E-state index contributed by atoms with van der Waals surface area (Å²) in [6, 6.07) is 6.10. The molecule has 5 heteroatoms. The highest BCUT2D eigenvalue weighted by molar-refractivity contribution is 6.29. The first kappa shape index (κ1) is 10.9. The topological polar surface area (TPSA) is 43.1 Å². The summed E-state index contributed by atoms with van der Waals surface area (Å²) in [5.74, 6) is 1.02. The lowest BCUT2D eigenvalue weighted by Crippen LogP contribution is -1.96. The molecular formula is C14H11ClN4. The van der Waals surface area contributed by atoms with Crippen molar-refractivity contribution in [3.05, 3.63) is 59.3 Å². The smallest absolute Gasteiger partial charge is 0.157 e. The van der Waals surface area contributed by atoms with E-state index < -0.39 is 0 Å². The van der Waals surface area contributed by atoms with Crippen LogP contribution < -0.4 is 0 Å². The molecule has 0 saturated heterocycles. The molecule has 0 N–H and O–H groups in total. The highest BCUT2D eigenvalue weighted by Gasteiger charge is 2.41. The van der Waals surface area contributed by atoms with Gasteiger partial charge in [-0.3, -0.25) is 4.98 Å². The molecule has 3 aromatic heterocycles. The molecule has 1 saturated carbocycles. The Kier molecular flexibility index (Phi) is 2.32. The number of halogens is 1. The standard InChI is InChI=1S/C14H11ClN4/c15-13-8-12(14-17-5-6-19(14)18-13)11-7-10(11)9-1-3-16-4-2-9/h1-6,8,10-11H,7H2/t10-,11+/m1/s1. The van der Waals surface area contributed by atoms with Gasteiger partial charge in [0.05, 0.1) is 0 Å². The molecule has 2 atom stereocenters. The van der Waals surface area contributed by atoms with Gasteiger partial charge in [0.15, 0.2) is 5.65 Å². The Morgan fingerprint density at radius 1 is 1.16 bits per heavy atom. The van der Waals surface area contributed by atoms with E-state index in [2.05, 4.69) is 27.2 Å². The number of aromatic nitrogens is 4. The summed E-state index contributed by atoms with van der Waals surface area (Å²) in [4.78, 5) is 8.44. The molecule has 0 radical (unpaired) electrons. The first-order valence-corrected chi connectivity index (χ1v) is 6.60. The lowest BCUT2D eigenvalue weighted by atomic mass is 10.1. The largest absolute Gasteiger partial charge is 0.265 e. The summed E-state index contributed by atoms with van der Waals surface area (Å²) in [6.07, 6.45) is 8.40. The van der Waals surface area contributed by atoms with Gasteiger partial charge < -0.3 is 0 Å². The Bertz CT molecular complexity index is 738. The van der Waals surface area contributed by atoms with Gasteiger partial charge in [-0.2, -0.15) is 5.10 Å². The summed E-state index contributed by atoms with van der Waals surface area (Å²) in [5.41, 5.74) is 3.43. The zero-order valence-corrected chi connectivity index (χ0v) is 10.8.